The first-order chi connectivity index (χ1) is 14.1. The van der Waals surface area contributed by atoms with E-state index in [1.807, 2.05) is 30.3 Å². The Morgan fingerprint density at radius 1 is 0.862 bits per heavy atom. The third-order valence-corrected chi connectivity index (χ3v) is 4.00. The van der Waals surface area contributed by atoms with Crippen molar-refractivity contribution in [1.29, 1.82) is 0 Å². The van der Waals surface area contributed by atoms with Gasteiger partial charge in [0.25, 0.3) is 5.89 Å². The number of aromatic nitrogens is 2. The Balaban J connectivity index is 1.49. The second-order valence-corrected chi connectivity index (χ2v) is 6.07. The normalized spacial score (nSPS) is 10.6. The van der Waals surface area contributed by atoms with Crippen LogP contribution in [-0.4, -0.2) is 16.2 Å². The Morgan fingerprint density at radius 2 is 1.66 bits per heavy atom. The number of rotatable bonds is 4. The fourth-order valence-electron chi connectivity index (χ4n) is 2.65. The van der Waals surface area contributed by atoms with Gasteiger partial charge >= 0.3 is 6.03 Å². The molecule has 4 aromatic rings. The predicted octanol–water partition coefficient (Wildman–Crippen LogP) is 5.33. The lowest BCUT2D eigenvalue weighted by Crippen LogP contribution is -2.20. The number of nitrogens with zero attached hydrogens (tertiary/aromatic N) is 2. The highest BCUT2D eigenvalue weighted by atomic mass is 19.1. The van der Waals surface area contributed by atoms with Gasteiger partial charge in [0.05, 0.1) is 5.69 Å². The molecule has 3 aromatic carbocycles. The Hall–Kier alpha value is -4.07. The number of carbonyl (C=O) groups excluding carboxylic acids is 1. The standard InChI is InChI=1S/C21H14F2N4O2/c22-15-9-10-18(17(23)12-15)25-21(28)24-16-8-4-7-14(11-16)19-26-20(29-27-19)13-5-2-1-3-6-13/h1-12H,(H2,24,25,28). The van der Waals surface area contributed by atoms with Crippen LogP contribution in [0.4, 0.5) is 25.0 Å². The van der Waals surface area contributed by atoms with Crippen LogP contribution in [0.15, 0.2) is 77.3 Å². The molecule has 4 rings (SSSR count). The van der Waals surface area contributed by atoms with Crippen LogP contribution in [0.1, 0.15) is 0 Å². The summed E-state index contributed by atoms with van der Waals surface area (Å²) in [5, 5.41) is 8.88. The summed E-state index contributed by atoms with van der Waals surface area (Å²) >= 11 is 0. The molecule has 2 amide bonds. The zero-order chi connectivity index (χ0) is 20.2. The minimum Gasteiger partial charge on any atom is -0.334 e. The van der Waals surface area contributed by atoms with Crippen LogP contribution in [0.25, 0.3) is 22.8 Å². The maximum Gasteiger partial charge on any atom is 0.323 e. The van der Waals surface area contributed by atoms with Crippen molar-refractivity contribution < 1.29 is 18.1 Å². The summed E-state index contributed by atoms with van der Waals surface area (Å²) in [6.07, 6.45) is 0. The molecule has 0 unspecified atom stereocenters. The molecule has 144 valence electrons. The van der Waals surface area contributed by atoms with Crippen molar-refractivity contribution >= 4 is 17.4 Å². The summed E-state index contributed by atoms with van der Waals surface area (Å²) in [7, 11) is 0. The first-order valence-corrected chi connectivity index (χ1v) is 8.61. The Bertz CT molecular complexity index is 1160. The highest BCUT2D eigenvalue weighted by Crippen LogP contribution is 2.24. The molecule has 0 fully saturated rings. The van der Waals surface area contributed by atoms with Crippen LogP contribution in [0.3, 0.4) is 0 Å². The van der Waals surface area contributed by atoms with Crippen LogP contribution in [0.2, 0.25) is 0 Å². The number of carbonyl (C=O) groups is 1. The second kappa shape index (κ2) is 7.89. The van der Waals surface area contributed by atoms with Crippen LogP contribution in [-0.2, 0) is 0 Å². The van der Waals surface area contributed by atoms with E-state index in [9.17, 15) is 13.6 Å². The first kappa shape index (κ1) is 18.3. The van der Waals surface area contributed by atoms with Crippen molar-refractivity contribution in [2.45, 2.75) is 0 Å². The number of benzene rings is 3. The van der Waals surface area contributed by atoms with Gasteiger partial charge in [0.15, 0.2) is 0 Å². The number of anilines is 2. The molecule has 2 N–H and O–H groups in total. The summed E-state index contributed by atoms with van der Waals surface area (Å²) in [6.45, 7) is 0. The molecule has 8 heteroatoms. The first-order valence-electron chi connectivity index (χ1n) is 8.61. The molecule has 29 heavy (non-hydrogen) atoms. The summed E-state index contributed by atoms with van der Waals surface area (Å²) in [5.74, 6) is -0.855. The van der Waals surface area contributed by atoms with Crippen molar-refractivity contribution in [3.8, 4) is 22.8 Å². The van der Waals surface area contributed by atoms with E-state index < -0.39 is 17.7 Å². The lowest BCUT2D eigenvalue weighted by molar-refractivity contribution is 0.262. The highest BCUT2D eigenvalue weighted by Gasteiger charge is 2.12. The third-order valence-electron chi connectivity index (χ3n) is 4.00. The van der Waals surface area contributed by atoms with Gasteiger partial charge in [0.2, 0.25) is 5.82 Å². The van der Waals surface area contributed by atoms with Gasteiger partial charge in [-0.15, -0.1) is 0 Å². The van der Waals surface area contributed by atoms with Gasteiger partial charge in [-0.25, -0.2) is 13.6 Å². The van der Waals surface area contributed by atoms with Crippen molar-refractivity contribution in [2.24, 2.45) is 0 Å². The van der Waals surface area contributed by atoms with Gasteiger partial charge < -0.3 is 15.2 Å². The molecular weight excluding hydrogens is 378 g/mol. The van der Waals surface area contributed by atoms with E-state index in [0.29, 0.717) is 29.0 Å². The van der Waals surface area contributed by atoms with E-state index in [1.54, 1.807) is 24.3 Å². The zero-order valence-corrected chi connectivity index (χ0v) is 14.9. The van der Waals surface area contributed by atoms with Crippen molar-refractivity contribution in [3.05, 3.63) is 84.4 Å². The number of urea groups is 1. The number of halogens is 2. The number of nitrogens with one attached hydrogen (secondary N) is 2. The Morgan fingerprint density at radius 3 is 2.45 bits per heavy atom. The largest absolute Gasteiger partial charge is 0.334 e. The average Bonchev–Trinajstić information content (AvgIpc) is 3.21. The molecule has 0 aliphatic rings. The van der Waals surface area contributed by atoms with Crippen LogP contribution >= 0.6 is 0 Å². The highest BCUT2D eigenvalue weighted by molar-refractivity contribution is 6.00. The Kier molecular flexibility index (Phi) is 4.98. The summed E-state index contributed by atoms with van der Waals surface area (Å²) in [4.78, 5) is 16.5. The summed E-state index contributed by atoms with van der Waals surface area (Å²) < 4.78 is 31.9. The zero-order valence-electron chi connectivity index (χ0n) is 14.9. The number of hydrogen-bond acceptors (Lipinski definition) is 4. The van der Waals surface area contributed by atoms with E-state index in [0.717, 1.165) is 17.7 Å². The molecular formula is C21H14F2N4O2. The van der Waals surface area contributed by atoms with Crippen molar-refractivity contribution in [1.82, 2.24) is 10.1 Å². The van der Waals surface area contributed by atoms with E-state index in [2.05, 4.69) is 20.8 Å². The molecule has 0 atom stereocenters. The fourth-order valence-corrected chi connectivity index (χ4v) is 2.65. The molecule has 1 aromatic heterocycles. The molecule has 0 spiro atoms. The van der Waals surface area contributed by atoms with E-state index >= 15 is 0 Å². The average molecular weight is 392 g/mol. The number of amides is 2. The van der Waals surface area contributed by atoms with Gasteiger partial charge in [-0.3, -0.25) is 0 Å². The molecule has 1 heterocycles. The fraction of sp³-hybridized carbons (Fsp3) is 0. The predicted molar refractivity (Wildman–Crippen MR) is 104 cm³/mol. The second-order valence-electron chi connectivity index (χ2n) is 6.07. The molecule has 0 aliphatic carbocycles. The van der Waals surface area contributed by atoms with Gasteiger partial charge in [-0.2, -0.15) is 4.98 Å². The summed E-state index contributed by atoms with van der Waals surface area (Å²) in [5.41, 5.74) is 1.72. The molecule has 0 aliphatic heterocycles. The minimum atomic E-state index is -0.867. The van der Waals surface area contributed by atoms with Gasteiger partial charge in [0.1, 0.15) is 11.6 Å². The van der Waals surface area contributed by atoms with E-state index in [-0.39, 0.29) is 5.69 Å². The third kappa shape index (κ3) is 4.27. The van der Waals surface area contributed by atoms with E-state index in [1.165, 1.54) is 0 Å². The molecule has 0 saturated carbocycles. The molecule has 0 radical (unpaired) electrons. The van der Waals surface area contributed by atoms with Crippen LogP contribution < -0.4 is 10.6 Å². The summed E-state index contributed by atoms with van der Waals surface area (Å²) in [6, 6.07) is 18.3. The van der Waals surface area contributed by atoms with Crippen LogP contribution in [0, 0.1) is 11.6 Å². The topological polar surface area (TPSA) is 80.1 Å². The quantitative estimate of drug-likeness (QED) is 0.492. The van der Waals surface area contributed by atoms with Gasteiger partial charge in [-0.1, -0.05) is 35.5 Å². The Labute approximate surface area is 164 Å². The van der Waals surface area contributed by atoms with E-state index in [4.69, 9.17) is 4.52 Å². The van der Waals surface area contributed by atoms with Crippen molar-refractivity contribution in [3.63, 3.8) is 0 Å². The van der Waals surface area contributed by atoms with Gasteiger partial charge in [0, 0.05) is 22.9 Å². The molecule has 6 nitrogen and oxygen atoms in total. The maximum atomic E-state index is 13.7. The lowest BCUT2D eigenvalue weighted by Gasteiger charge is -2.09. The molecule has 0 saturated heterocycles. The maximum absolute atomic E-state index is 13.7. The van der Waals surface area contributed by atoms with Gasteiger partial charge in [-0.05, 0) is 36.4 Å². The smallest absolute Gasteiger partial charge is 0.323 e. The van der Waals surface area contributed by atoms with Crippen LogP contribution in [0.5, 0.6) is 0 Å². The number of hydrogen-bond donors (Lipinski definition) is 2. The molecule has 0 bridgehead atoms. The SMILES string of the molecule is O=C(Nc1cccc(-c2noc(-c3ccccc3)n2)c1)Nc1ccc(F)cc1F. The minimum absolute atomic E-state index is 0.134. The monoisotopic (exact) mass is 392 g/mol. The lowest BCUT2D eigenvalue weighted by atomic mass is 10.2. The van der Waals surface area contributed by atoms with Crippen molar-refractivity contribution in [2.75, 3.05) is 10.6 Å².